The minimum Gasteiger partial charge on any atom is -0.328 e. The van der Waals surface area contributed by atoms with Crippen molar-refractivity contribution in [2.75, 3.05) is 0 Å². The minimum absolute atomic E-state index is 0.240. The average Bonchev–Trinajstić information content (AvgIpc) is 2.37. The Morgan fingerprint density at radius 2 is 2.00 bits per heavy atom. The fraction of sp³-hybridized carbons (Fsp3) is 0.938. The van der Waals surface area contributed by atoms with Gasteiger partial charge in [0, 0.05) is 17.9 Å². The molecule has 0 radical (unpaired) electrons. The summed E-state index contributed by atoms with van der Waals surface area (Å²) >= 11 is 0. The quantitative estimate of drug-likeness (QED) is 0.747. The fourth-order valence-corrected chi connectivity index (χ4v) is 3.21. The number of carbonyl (C=O) groups excluding carboxylic acids is 1. The highest BCUT2D eigenvalue weighted by atomic mass is 16.1. The average molecular weight is 253 g/mol. The standard InChI is InChI=1S/C16H31NO/c1-4-14-9-6-10-15(11-14)16(18)12(2)7-5-8-13(3)17/h12-15H,4-11,17H2,1-3H3. The summed E-state index contributed by atoms with van der Waals surface area (Å²) in [6.07, 6.45) is 9.26. The number of ketones is 1. The van der Waals surface area contributed by atoms with Crippen LogP contribution in [-0.2, 0) is 4.79 Å². The van der Waals surface area contributed by atoms with E-state index in [2.05, 4.69) is 13.8 Å². The first-order valence-electron chi connectivity index (χ1n) is 7.83. The molecule has 2 heteroatoms. The van der Waals surface area contributed by atoms with Gasteiger partial charge in [-0.05, 0) is 38.5 Å². The predicted octanol–water partition coefficient (Wildman–Crippen LogP) is 3.93. The molecular formula is C16H31NO. The Kier molecular flexibility index (Phi) is 6.91. The van der Waals surface area contributed by atoms with Crippen molar-refractivity contribution in [3.8, 4) is 0 Å². The van der Waals surface area contributed by atoms with Crippen molar-refractivity contribution in [2.45, 2.75) is 78.2 Å². The van der Waals surface area contributed by atoms with Gasteiger partial charge in [-0.15, -0.1) is 0 Å². The van der Waals surface area contributed by atoms with E-state index < -0.39 is 0 Å². The van der Waals surface area contributed by atoms with Gasteiger partial charge in [0.05, 0.1) is 0 Å². The van der Waals surface area contributed by atoms with Gasteiger partial charge in [0.25, 0.3) is 0 Å². The molecule has 0 spiro atoms. The zero-order valence-corrected chi connectivity index (χ0v) is 12.5. The van der Waals surface area contributed by atoms with Gasteiger partial charge in [0.1, 0.15) is 5.78 Å². The van der Waals surface area contributed by atoms with Crippen LogP contribution in [0.25, 0.3) is 0 Å². The molecule has 4 unspecified atom stereocenters. The molecule has 1 aliphatic carbocycles. The summed E-state index contributed by atoms with van der Waals surface area (Å²) in [6, 6.07) is 0.270. The molecule has 2 nitrogen and oxygen atoms in total. The maximum absolute atomic E-state index is 12.4. The Labute approximate surface area is 113 Å². The van der Waals surface area contributed by atoms with E-state index >= 15 is 0 Å². The van der Waals surface area contributed by atoms with E-state index in [0.717, 1.165) is 38.0 Å². The lowest BCUT2D eigenvalue weighted by Crippen LogP contribution is -2.27. The van der Waals surface area contributed by atoms with Crippen molar-refractivity contribution < 1.29 is 4.79 Å². The van der Waals surface area contributed by atoms with E-state index in [1.807, 2.05) is 6.92 Å². The van der Waals surface area contributed by atoms with E-state index in [-0.39, 0.29) is 12.0 Å². The molecule has 0 saturated heterocycles. The largest absolute Gasteiger partial charge is 0.328 e. The molecule has 1 fully saturated rings. The third kappa shape index (κ3) is 5.09. The first-order valence-corrected chi connectivity index (χ1v) is 7.83. The molecule has 4 atom stereocenters. The van der Waals surface area contributed by atoms with Crippen LogP contribution in [0.3, 0.4) is 0 Å². The Bertz CT molecular complexity index is 249. The number of rotatable bonds is 7. The molecule has 0 amide bonds. The minimum atomic E-state index is 0.240. The molecule has 2 N–H and O–H groups in total. The molecule has 0 aromatic heterocycles. The van der Waals surface area contributed by atoms with E-state index in [1.165, 1.54) is 19.3 Å². The number of Topliss-reactive ketones (excluding diaryl/α,β-unsaturated/α-hetero) is 1. The SMILES string of the molecule is CCC1CCCC(C(=O)C(C)CCCC(C)N)C1. The Morgan fingerprint density at radius 1 is 1.28 bits per heavy atom. The summed E-state index contributed by atoms with van der Waals surface area (Å²) in [4.78, 5) is 12.4. The number of hydrogen-bond donors (Lipinski definition) is 1. The lowest BCUT2D eigenvalue weighted by Gasteiger charge is -2.29. The van der Waals surface area contributed by atoms with Crippen LogP contribution in [0.5, 0.6) is 0 Å². The zero-order valence-electron chi connectivity index (χ0n) is 12.5. The fourth-order valence-electron chi connectivity index (χ4n) is 3.21. The van der Waals surface area contributed by atoms with Crippen LogP contribution in [0, 0.1) is 17.8 Å². The molecule has 0 aliphatic heterocycles. The third-order valence-corrected chi connectivity index (χ3v) is 4.54. The normalized spacial score (nSPS) is 27.8. The number of carbonyl (C=O) groups is 1. The van der Waals surface area contributed by atoms with Crippen LogP contribution in [0.4, 0.5) is 0 Å². The van der Waals surface area contributed by atoms with Crippen LogP contribution < -0.4 is 5.73 Å². The lowest BCUT2D eigenvalue weighted by atomic mass is 9.75. The van der Waals surface area contributed by atoms with Gasteiger partial charge in [0.15, 0.2) is 0 Å². The van der Waals surface area contributed by atoms with Crippen LogP contribution >= 0.6 is 0 Å². The van der Waals surface area contributed by atoms with E-state index in [9.17, 15) is 4.79 Å². The van der Waals surface area contributed by atoms with Crippen molar-refractivity contribution >= 4 is 5.78 Å². The molecule has 0 aromatic carbocycles. The van der Waals surface area contributed by atoms with Gasteiger partial charge in [-0.3, -0.25) is 4.79 Å². The maximum Gasteiger partial charge on any atom is 0.138 e. The van der Waals surface area contributed by atoms with Gasteiger partial charge in [-0.1, -0.05) is 39.5 Å². The monoisotopic (exact) mass is 253 g/mol. The van der Waals surface area contributed by atoms with Crippen molar-refractivity contribution in [1.29, 1.82) is 0 Å². The molecular weight excluding hydrogens is 222 g/mol. The van der Waals surface area contributed by atoms with Crippen LogP contribution in [0.2, 0.25) is 0 Å². The van der Waals surface area contributed by atoms with Gasteiger partial charge in [-0.2, -0.15) is 0 Å². The summed E-state index contributed by atoms with van der Waals surface area (Å²) in [6.45, 7) is 6.40. The van der Waals surface area contributed by atoms with E-state index in [0.29, 0.717) is 11.7 Å². The topological polar surface area (TPSA) is 43.1 Å². The summed E-state index contributed by atoms with van der Waals surface area (Å²) in [7, 11) is 0. The number of nitrogens with two attached hydrogens (primary N) is 1. The predicted molar refractivity (Wildman–Crippen MR) is 77.4 cm³/mol. The molecule has 0 aromatic rings. The van der Waals surface area contributed by atoms with Crippen LogP contribution in [0.15, 0.2) is 0 Å². The second kappa shape index (κ2) is 7.93. The van der Waals surface area contributed by atoms with Crippen LogP contribution in [0.1, 0.15) is 72.1 Å². The molecule has 1 rings (SSSR count). The van der Waals surface area contributed by atoms with Crippen molar-refractivity contribution in [2.24, 2.45) is 23.5 Å². The van der Waals surface area contributed by atoms with Gasteiger partial charge in [-0.25, -0.2) is 0 Å². The smallest absolute Gasteiger partial charge is 0.138 e. The zero-order chi connectivity index (χ0) is 13.5. The Balaban J connectivity index is 2.33. The highest BCUT2D eigenvalue weighted by molar-refractivity contribution is 5.83. The second-order valence-corrected chi connectivity index (χ2v) is 6.35. The summed E-state index contributed by atoms with van der Waals surface area (Å²) in [5.41, 5.74) is 5.75. The molecule has 1 aliphatic rings. The van der Waals surface area contributed by atoms with Gasteiger partial charge >= 0.3 is 0 Å². The van der Waals surface area contributed by atoms with Crippen molar-refractivity contribution in [3.05, 3.63) is 0 Å². The lowest BCUT2D eigenvalue weighted by molar-refractivity contribution is -0.128. The van der Waals surface area contributed by atoms with Crippen molar-refractivity contribution in [1.82, 2.24) is 0 Å². The molecule has 18 heavy (non-hydrogen) atoms. The second-order valence-electron chi connectivity index (χ2n) is 6.35. The molecule has 106 valence electrons. The Hall–Kier alpha value is -0.370. The van der Waals surface area contributed by atoms with Gasteiger partial charge in [0.2, 0.25) is 0 Å². The van der Waals surface area contributed by atoms with E-state index in [1.54, 1.807) is 0 Å². The summed E-state index contributed by atoms with van der Waals surface area (Å²) in [5, 5.41) is 0. The highest BCUT2D eigenvalue weighted by Gasteiger charge is 2.28. The number of hydrogen-bond acceptors (Lipinski definition) is 2. The molecule has 0 bridgehead atoms. The third-order valence-electron chi connectivity index (χ3n) is 4.54. The highest BCUT2D eigenvalue weighted by Crippen LogP contribution is 2.33. The van der Waals surface area contributed by atoms with E-state index in [4.69, 9.17) is 5.73 Å². The molecule has 1 saturated carbocycles. The summed E-state index contributed by atoms with van der Waals surface area (Å²) in [5.74, 6) is 1.92. The van der Waals surface area contributed by atoms with Crippen LogP contribution in [-0.4, -0.2) is 11.8 Å². The van der Waals surface area contributed by atoms with Gasteiger partial charge < -0.3 is 5.73 Å². The molecule has 0 heterocycles. The first-order chi connectivity index (χ1) is 8.54. The Morgan fingerprint density at radius 3 is 2.61 bits per heavy atom. The van der Waals surface area contributed by atoms with Crippen molar-refractivity contribution in [3.63, 3.8) is 0 Å². The summed E-state index contributed by atoms with van der Waals surface area (Å²) < 4.78 is 0. The first kappa shape index (κ1) is 15.7. The maximum atomic E-state index is 12.4.